The van der Waals surface area contributed by atoms with Crippen molar-refractivity contribution in [3.05, 3.63) is 57.4 Å². The highest BCUT2D eigenvalue weighted by molar-refractivity contribution is 7.17. The van der Waals surface area contributed by atoms with Crippen LogP contribution in [0.1, 0.15) is 31.2 Å². The van der Waals surface area contributed by atoms with Crippen LogP contribution in [0.5, 0.6) is 0 Å². The highest BCUT2D eigenvalue weighted by Gasteiger charge is 2.30. The highest BCUT2D eigenvalue weighted by Crippen LogP contribution is 2.28. The van der Waals surface area contributed by atoms with E-state index in [1.165, 1.54) is 36.3 Å². The van der Waals surface area contributed by atoms with E-state index in [9.17, 15) is 14.0 Å². The van der Waals surface area contributed by atoms with Gasteiger partial charge in [-0.05, 0) is 60.7 Å². The Balaban J connectivity index is 1.45. The summed E-state index contributed by atoms with van der Waals surface area (Å²) in [5, 5.41) is 4.97. The first-order valence-corrected chi connectivity index (χ1v) is 11.7. The van der Waals surface area contributed by atoms with Crippen LogP contribution in [0.25, 0.3) is 10.2 Å². The van der Waals surface area contributed by atoms with E-state index in [-0.39, 0.29) is 23.2 Å². The molecule has 2 fully saturated rings. The number of anilines is 1. The van der Waals surface area contributed by atoms with E-state index in [4.69, 9.17) is 4.98 Å². The molecule has 1 saturated carbocycles. The van der Waals surface area contributed by atoms with Gasteiger partial charge in [0.25, 0.3) is 5.56 Å². The Kier molecular flexibility index (Phi) is 5.48. The smallest absolute Gasteiger partial charge is 0.273 e. The van der Waals surface area contributed by atoms with Crippen LogP contribution in [-0.4, -0.2) is 35.1 Å². The lowest BCUT2D eigenvalue weighted by molar-refractivity contribution is -0.125. The molecule has 1 aliphatic heterocycles. The van der Waals surface area contributed by atoms with Crippen LogP contribution in [0, 0.1) is 17.7 Å². The van der Waals surface area contributed by atoms with Gasteiger partial charge in [-0.2, -0.15) is 0 Å². The Bertz CT molecular complexity index is 1150. The molecule has 0 spiro atoms. The monoisotopic (exact) mass is 440 g/mol. The van der Waals surface area contributed by atoms with Crippen LogP contribution in [0.15, 0.2) is 40.5 Å². The van der Waals surface area contributed by atoms with Gasteiger partial charge in [0.15, 0.2) is 0 Å². The summed E-state index contributed by atoms with van der Waals surface area (Å²) in [6.45, 7) is 2.37. The number of amides is 1. The summed E-state index contributed by atoms with van der Waals surface area (Å²) in [5.41, 5.74) is 1.42. The zero-order chi connectivity index (χ0) is 21.4. The third-order valence-corrected chi connectivity index (χ3v) is 7.03. The van der Waals surface area contributed by atoms with Crippen molar-refractivity contribution in [2.24, 2.45) is 11.8 Å². The Hall–Kier alpha value is -2.74. The summed E-state index contributed by atoms with van der Waals surface area (Å²) in [6, 6.07) is 8.04. The molecule has 1 amide bonds. The molecule has 3 aromatic rings. The minimum Gasteiger partial charge on any atom is -0.356 e. The predicted octanol–water partition coefficient (Wildman–Crippen LogP) is 3.39. The zero-order valence-corrected chi connectivity index (χ0v) is 18.0. The lowest BCUT2D eigenvalue weighted by atomic mass is 9.97. The van der Waals surface area contributed by atoms with Crippen molar-refractivity contribution in [1.29, 1.82) is 0 Å². The van der Waals surface area contributed by atoms with Gasteiger partial charge in [0, 0.05) is 19.6 Å². The minimum atomic E-state index is -0.306. The third-order valence-electron chi connectivity index (χ3n) is 6.14. The summed E-state index contributed by atoms with van der Waals surface area (Å²) in [5.74, 6) is 0.911. The molecule has 162 valence electrons. The summed E-state index contributed by atoms with van der Waals surface area (Å²) in [7, 11) is 0. The van der Waals surface area contributed by atoms with E-state index in [1.807, 2.05) is 11.4 Å². The number of thiophene rings is 1. The molecule has 0 unspecified atom stereocenters. The molecule has 1 N–H and O–H groups in total. The fourth-order valence-corrected chi connectivity index (χ4v) is 4.95. The fraction of sp³-hybridized carbons (Fsp3) is 0.435. The zero-order valence-electron chi connectivity index (χ0n) is 17.2. The second-order valence-electron chi connectivity index (χ2n) is 8.54. The predicted molar refractivity (Wildman–Crippen MR) is 120 cm³/mol. The van der Waals surface area contributed by atoms with Gasteiger partial charge in [0.2, 0.25) is 11.9 Å². The molecule has 2 aromatic heterocycles. The standard InChI is InChI=1S/C23H25FN4O2S/c24-18-7-5-16(6-8-18)13-28-22(30)20-19(9-11-31-20)26-23(28)27-10-1-2-17(14-27)21(29)25-12-15-3-4-15/h5-9,11,15,17H,1-4,10,12-14H2,(H,25,29)/t17-/m0/s1. The van der Waals surface area contributed by atoms with Crippen molar-refractivity contribution >= 4 is 33.4 Å². The molecule has 8 heteroatoms. The van der Waals surface area contributed by atoms with E-state index >= 15 is 0 Å². The number of hydrogen-bond acceptors (Lipinski definition) is 5. The summed E-state index contributed by atoms with van der Waals surface area (Å²) < 4.78 is 15.6. The number of carbonyl (C=O) groups excluding carboxylic acids is 1. The van der Waals surface area contributed by atoms with Gasteiger partial charge in [-0.3, -0.25) is 14.2 Å². The molecule has 6 nitrogen and oxygen atoms in total. The SMILES string of the molecule is O=C(NCC1CC1)[C@H]1CCCN(c2nc3ccsc3c(=O)n2Cc2ccc(F)cc2)C1. The summed E-state index contributed by atoms with van der Waals surface area (Å²) in [6.07, 6.45) is 4.13. The first-order chi connectivity index (χ1) is 15.1. The molecule has 0 bridgehead atoms. The number of benzene rings is 1. The fourth-order valence-electron chi connectivity index (χ4n) is 4.17. The molecule has 1 saturated heterocycles. The van der Waals surface area contributed by atoms with Crippen molar-refractivity contribution in [2.75, 3.05) is 24.5 Å². The number of halogens is 1. The molecule has 3 heterocycles. The van der Waals surface area contributed by atoms with Crippen molar-refractivity contribution < 1.29 is 9.18 Å². The second kappa shape index (κ2) is 8.42. The number of nitrogens with one attached hydrogen (secondary N) is 1. The van der Waals surface area contributed by atoms with Crippen LogP contribution in [-0.2, 0) is 11.3 Å². The first-order valence-electron chi connectivity index (χ1n) is 10.8. The minimum absolute atomic E-state index is 0.0976. The molecule has 1 aliphatic carbocycles. The molecular weight excluding hydrogens is 415 g/mol. The molecular formula is C23H25FN4O2S. The Labute approximate surface area is 183 Å². The number of hydrogen-bond donors (Lipinski definition) is 1. The Morgan fingerprint density at radius 3 is 2.77 bits per heavy atom. The summed E-state index contributed by atoms with van der Waals surface area (Å²) >= 11 is 1.38. The molecule has 5 rings (SSSR count). The van der Waals surface area contributed by atoms with E-state index in [1.54, 1.807) is 16.7 Å². The lowest BCUT2D eigenvalue weighted by Gasteiger charge is -2.34. The lowest BCUT2D eigenvalue weighted by Crippen LogP contribution is -2.45. The number of aromatic nitrogens is 2. The van der Waals surface area contributed by atoms with E-state index in [0.29, 0.717) is 35.2 Å². The topological polar surface area (TPSA) is 67.2 Å². The third kappa shape index (κ3) is 4.35. The van der Waals surface area contributed by atoms with Gasteiger partial charge in [-0.1, -0.05) is 12.1 Å². The van der Waals surface area contributed by atoms with Crippen molar-refractivity contribution in [2.45, 2.75) is 32.2 Å². The van der Waals surface area contributed by atoms with E-state index < -0.39 is 0 Å². The van der Waals surface area contributed by atoms with E-state index in [2.05, 4.69) is 10.2 Å². The van der Waals surface area contributed by atoms with Crippen LogP contribution in [0.4, 0.5) is 10.3 Å². The van der Waals surface area contributed by atoms with Crippen LogP contribution in [0.2, 0.25) is 0 Å². The quantitative estimate of drug-likeness (QED) is 0.638. The maximum Gasteiger partial charge on any atom is 0.273 e. The number of rotatable bonds is 6. The van der Waals surface area contributed by atoms with Gasteiger partial charge in [-0.25, -0.2) is 9.37 Å². The Morgan fingerprint density at radius 1 is 1.19 bits per heavy atom. The van der Waals surface area contributed by atoms with Crippen LogP contribution >= 0.6 is 11.3 Å². The van der Waals surface area contributed by atoms with Gasteiger partial charge >= 0.3 is 0 Å². The van der Waals surface area contributed by atoms with Gasteiger partial charge in [0.1, 0.15) is 10.5 Å². The molecule has 1 atom stereocenters. The largest absolute Gasteiger partial charge is 0.356 e. The second-order valence-corrected chi connectivity index (χ2v) is 9.45. The Morgan fingerprint density at radius 2 is 2.00 bits per heavy atom. The maximum atomic E-state index is 13.4. The number of carbonyl (C=O) groups is 1. The molecule has 2 aliphatic rings. The van der Waals surface area contributed by atoms with Crippen molar-refractivity contribution in [1.82, 2.24) is 14.9 Å². The average molecular weight is 441 g/mol. The van der Waals surface area contributed by atoms with E-state index in [0.717, 1.165) is 31.5 Å². The molecule has 1 aromatic carbocycles. The first kappa shape index (κ1) is 20.2. The number of nitrogens with zero attached hydrogens (tertiary/aromatic N) is 3. The maximum absolute atomic E-state index is 13.4. The van der Waals surface area contributed by atoms with Crippen LogP contribution < -0.4 is 15.8 Å². The van der Waals surface area contributed by atoms with Crippen molar-refractivity contribution in [3.63, 3.8) is 0 Å². The molecule has 31 heavy (non-hydrogen) atoms. The van der Waals surface area contributed by atoms with Crippen molar-refractivity contribution in [3.8, 4) is 0 Å². The van der Waals surface area contributed by atoms with Gasteiger partial charge in [-0.15, -0.1) is 11.3 Å². The van der Waals surface area contributed by atoms with Gasteiger partial charge < -0.3 is 10.2 Å². The average Bonchev–Trinajstić information content (AvgIpc) is 3.50. The van der Waals surface area contributed by atoms with Crippen LogP contribution in [0.3, 0.4) is 0 Å². The highest BCUT2D eigenvalue weighted by atomic mass is 32.1. The normalized spacial score (nSPS) is 19.0. The molecule has 0 radical (unpaired) electrons. The number of fused-ring (bicyclic) bond motifs is 1. The number of piperidine rings is 1. The summed E-state index contributed by atoms with van der Waals surface area (Å²) in [4.78, 5) is 32.8. The van der Waals surface area contributed by atoms with Gasteiger partial charge in [0.05, 0.1) is 18.0 Å².